The van der Waals surface area contributed by atoms with Crippen molar-refractivity contribution in [3.63, 3.8) is 0 Å². The minimum absolute atomic E-state index is 0.250. The fourth-order valence-corrected chi connectivity index (χ4v) is 9.22. The van der Waals surface area contributed by atoms with Gasteiger partial charge in [0.2, 0.25) is 0 Å². The van der Waals surface area contributed by atoms with Crippen molar-refractivity contribution < 1.29 is 20.9 Å². The van der Waals surface area contributed by atoms with E-state index in [2.05, 4.69) is 223 Å². The Hall–Kier alpha value is -4.34. The predicted octanol–water partition coefficient (Wildman–Crippen LogP) is 18.5. The molecule has 0 radical (unpaired) electrons. The largest absolute Gasteiger partial charge is 0.338 e. The second-order valence-corrected chi connectivity index (χ2v) is 20.5. The second-order valence-electron chi connectivity index (χ2n) is 19.7. The van der Waals surface area contributed by atoms with Gasteiger partial charge < -0.3 is 19.6 Å². The molecule has 0 atom stereocenters. The topological polar surface area (TPSA) is 36.2 Å². The molecule has 0 aliphatic carbocycles. The Balaban J connectivity index is 0.000000267. The average Bonchev–Trinajstić information content (AvgIpc) is 3.07. The van der Waals surface area contributed by atoms with Gasteiger partial charge in [0.05, 0.1) is 0 Å². The first-order chi connectivity index (χ1) is 28.1. The number of hydrogen-bond acceptors (Lipinski definition) is 1. The van der Waals surface area contributed by atoms with Crippen molar-refractivity contribution in [2.45, 2.75) is 125 Å². The van der Waals surface area contributed by atoms with E-state index in [9.17, 15) is 0 Å². The third kappa shape index (κ3) is 14.4. The molecule has 6 aromatic carbocycles. The fourth-order valence-electron chi connectivity index (χ4n) is 8.44. The van der Waals surface area contributed by atoms with Crippen LogP contribution in [0.1, 0.15) is 108 Å². The Morgan fingerprint density at radius 2 is 0.574 bits per heavy atom. The van der Waals surface area contributed by atoms with Crippen LogP contribution in [-0.2, 0) is 20.9 Å². The van der Waals surface area contributed by atoms with Crippen molar-refractivity contribution in [2.75, 3.05) is 0 Å². The molecule has 323 valence electrons. The standard InChI is InChI=1S/C24H26N.C24H25N.2C5H11.Ta/c2*1-14-10-16(3)22(17(4)11-14)20-8-7-9-21(24(20)25)23-18(5)12-15(2)13-19(23)6;2*1-5(2,3)4;/h7-13,25H,1-6H3;7-13H,1-6H3;2*1H2,2-4H3;/q-1;;2*-1;. The van der Waals surface area contributed by atoms with E-state index >= 15 is 0 Å². The van der Waals surface area contributed by atoms with E-state index in [4.69, 9.17) is 9.07 Å². The van der Waals surface area contributed by atoms with E-state index in [1.54, 1.807) is 0 Å². The molecule has 0 saturated heterocycles. The first-order valence-corrected chi connectivity index (χ1v) is 22.9. The molecule has 0 aromatic heterocycles. The maximum atomic E-state index is 8.92. The van der Waals surface area contributed by atoms with Crippen LogP contribution < -0.4 is 0 Å². The molecule has 0 saturated carbocycles. The summed E-state index contributed by atoms with van der Waals surface area (Å²) < 4.78 is 4.84. The predicted molar refractivity (Wildman–Crippen MR) is 267 cm³/mol. The van der Waals surface area contributed by atoms with Crippen LogP contribution in [0.4, 0.5) is 11.4 Å². The van der Waals surface area contributed by atoms with Crippen molar-refractivity contribution in [1.29, 1.82) is 0 Å². The van der Waals surface area contributed by atoms with E-state index in [1.165, 1.54) is 100 Å². The minimum atomic E-state index is 0.250. The van der Waals surface area contributed by atoms with Crippen LogP contribution in [0.25, 0.3) is 50.2 Å². The molecular weight excluding hydrogens is 906 g/mol. The average molecular weight is 979 g/mol. The first kappa shape index (κ1) is 51.0. The molecule has 0 fully saturated rings. The van der Waals surface area contributed by atoms with Crippen molar-refractivity contribution in [3.8, 4) is 44.5 Å². The van der Waals surface area contributed by atoms with Gasteiger partial charge in [0.15, 0.2) is 0 Å². The van der Waals surface area contributed by atoms with Crippen molar-refractivity contribution >= 4 is 11.4 Å². The first-order valence-electron chi connectivity index (χ1n) is 21.5. The zero-order valence-electron chi connectivity index (χ0n) is 40.9. The van der Waals surface area contributed by atoms with Gasteiger partial charge in [-0.1, -0.05) is 95.1 Å². The third-order valence-corrected chi connectivity index (χ3v) is 10.7. The van der Waals surface area contributed by atoms with Gasteiger partial charge in [0.25, 0.3) is 0 Å². The summed E-state index contributed by atoms with van der Waals surface area (Å²) in [4.78, 5) is 0. The molecule has 3 heteroatoms. The molecule has 0 amide bonds. The Bertz CT molecular complexity index is 2230. The van der Waals surface area contributed by atoms with Gasteiger partial charge in [-0.25, -0.2) is 0 Å². The molecule has 6 aromatic rings. The van der Waals surface area contributed by atoms with Crippen molar-refractivity contribution in [3.05, 3.63) is 171 Å². The van der Waals surface area contributed by atoms with Gasteiger partial charge in [0.1, 0.15) is 0 Å². The van der Waals surface area contributed by atoms with E-state index in [-0.39, 0.29) is 10.8 Å². The van der Waals surface area contributed by atoms with Crippen LogP contribution >= 0.6 is 0 Å². The monoisotopic (exact) mass is 979 g/mol. The van der Waals surface area contributed by atoms with Crippen molar-refractivity contribution in [2.24, 2.45) is 14.2 Å². The summed E-state index contributed by atoms with van der Waals surface area (Å²) in [5.74, 6) is 0. The molecule has 0 unspecified atom stereocenters. The quantitative estimate of drug-likeness (QED) is 0.154. The summed E-state index contributed by atoms with van der Waals surface area (Å²) in [6, 6.07) is 30.8. The van der Waals surface area contributed by atoms with Gasteiger partial charge in [-0.2, -0.15) is 10.8 Å². The van der Waals surface area contributed by atoms with Gasteiger partial charge in [-0.05, 0) is 86.1 Å². The second kappa shape index (κ2) is 21.2. The Morgan fingerprint density at radius 3 is 0.770 bits per heavy atom. The summed E-state index contributed by atoms with van der Waals surface area (Å²) in [6.07, 6.45) is 0. The summed E-state index contributed by atoms with van der Waals surface area (Å²) >= 11 is 1.01. The fraction of sp³-hybridized carbons (Fsp3) is 0.345. The van der Waals surface area contributed by atoms with Gasteiger partial charge in [0, 0.05) is 0 Å². The molecular formula is C58H73N2Ta-3. The number of aryl methyl sites for hydroxylation is 12. The number of hydrogen-bond donors (Lipinski definition) is 0. The van der Waals surface area contributed by atoms with Crippen LogP contribution in [0.15, 0.2) is 88.3 Å². The van der Waals surface area contributed by atoms with Gasteiger partial charge in [-0.15, -0.1) is 5.69 Å². The summed E-state index contributed by atoms with van der Waals surface area (Å²) in [5.41, 5.74) is 36.1. The number of nitrogens with one attached hydrogen (secondary N) is 1. The molecule has 0 heterocycles. The molecule has 0 bridgehead atoms. The minimum Gasteiger partial charge on any atom is -0.338 e. The van der Waals surface area contributed by atoms with Crippen LogP contribution in [0, 0.1) is 108 Å². The molecule has 0 spiro atoms. The Kier molecular flexibility index (Phi) is 17.7. The van der Waals surface area contributed by atoms with Crippen LogP contribution in [0.5, 0.6) is 0 Å². The number of rotatable bonds is 5. The molecule has 2 nitrogen and oxygen atoms in total. The van der Waals surface area contributed by atoms with Crippen LogP contribution in [0.3, 0.4) is 0 Å². The Labute approximate surface area is 384 Å². The summed E-state index contributed by atoms with van der Waals surface area (Å²) in [5, 5.41) is 0. The summed E-state index contributed by atoms with van der Waals surface area (Å²) in [6.45, 7) is 46.0. The maximum absolute atomic E-state index is 8.92. The maximum Gasteiger partial charge on any atom is -0.0878 e. The van der Waals surface area contributed by atoms with E-state index in [0.717, 1.165) is 37.7 Å². The third-order valence-electron chi connectivity index (χ3n) is 9.99. The normalized spacial score (nSPS) is 11.1. The molecule has 0 aliphatic heterocycles. The smallest absolute Gasteiger partial charge is 0.0878 e. The molecule has 61 heavy (non-hydrogen) atoms. The molecule has 0 aliphatic rings. The summed E-state index contributed by atoms with van der Waals surface area (Å²) in [7, 11) is 0. The van der Waals surface area contributed by atoms with E-state index < -0.39 is 0 Å². The van der Waals surface area contributed by atoms with E-state index in [0.29, 0.717) is 5.69 Å². The Morgan fingerprint density at radius 1 is 0.393 bits per heavy atom. The molecule has 1 N–H and O–H groups in total. The van der Waals surface area contributed by atoms with Crippen LogP contribution in [-0.4, -0.2) is 0 Å². The zero-order valence-corrected chi connectivity index (χ0v) is 44.1. The number of benzene rings is 6. The SMILES string of the molecule is Cc1cc(C)c(-c2cccc(-c3c(C)cc(C)cc3C)c2[NH-])c(C)c1.Cc1cc(C)c(-c2cccc(-c3c(C)cc(C)cc3C)c2[N]=[Ta])c(C)c1.[CH2-]C(C)(C)C.[CH2-]C(C)(C)C. The molecule has 6 rings (SSSR count). The number of nitrogens with zero attached hydrogens (tertiary/aromatic N) is 1. The van der Waals surface area contributed by atoms with E-state index in [1.807, 2.05) is 0 Å². The zero-order chi connectivity index (χ0) is 46.3. The van der Waals surface area contributed by atoms with Gasteiger partial charge >= 0.3 is 170 Å². The van der Waals surface area contributed by atoms with Crippen LogP contribution in [0.2, 0.25) is 0 Å². The van der Waals surface area contributed by atoms with Gasteiger partial charge in [-0.3, -0.25) is 0 Å². The van der Waals surface area contributed by atoms with Crippen molar-refractivity contribution in [1.82, 2.24) is 0 Å².